The molecule has 0 aliphatic rings. The van der Waals surface area contributed by atoms with Crippen LogP contribution in [0.4, 0.5) is 20.3 Å². The first-order chi connectivity index (χ1) is 18.4. The quantitative estimate of drug-likeness (QED) is 0.225. The maximum absolute atomic E-state index is 12.2. The summed E-state index contributed by atoms with van der Waals surface area (Å²) in [6.45, 7) is 6.13. The zero-order chi connectivity index (χ0) is 27.7. The van der Waals surface area contributed by atoms with Crippen molar-refractivity contribution < 1.29 is 13.6 Å². The van der Waals surface area contributed by atoms with Crippen LogP contribution in [0.3, 0.4) is 0 Å². The number of nitrogens with two attached hydrogens (primary N) is 1. The topological polar surface area (TPSA) is 110 Å². The van der Waals surface area contributed by atoms with Gasteiger partial charge in [-0.3, -0.25) is 4.79 Å². The van der Waals surface area contributed by atoms with Gasteiger partial charge in [-0.1, -0.05) is 39.0 Å². The lowest BCUT2D eigenvalue weighted by Gasteiger charge is -2.06. The second-order valence-corrected chi connectivity index (χ2v) is 7.93. The van der Waals surface area contributed by atoms with Crippen LogP contribution in [-0.2, 0) is 6.42 Å². The Morgan fingerprint density at radius 2 is 1.74 bits per heavy atom. The molecule has 0 spiro atoms. The van der Waals surface area contributed by atoms with Crippen LogP contribution >= 0.6 is 0 Å². The maximum atomic E-state index is 12.2. The molecule has 0 aliphatic carbocycles. The van der Waals surface area contributed by atoms with Crippen molar-refractivity contribution in [2.24, 2.45) is 0 Å². The van der Waals surface area contributed by atoms with Gasteiger partial charge in [0, 0.05) is 29.9 Å². The molecule has 0 fully saturated rings. The molecule has 0 saturated heterocycles. The van der Waals surface area contributed by atoms with E-state index in [9.17, 15) is 13.6 Å². The lowest BCUT2D eigenvalue weighted by molar-refractivity contribution is 0.112. The molecule has 2 heterocycles. The van der Waals surface area contributed by atoms with Crippen LogP contribution in [0.15, 0.2) is 66.9 Å². The third-order valence-corrected chi connectivity index (χ3v) is 5.45. The van der Waals surface area contributed by atoms with Crippen LogP contribution in [-0.4, -0.2) is 33.3 Å². The van der Waals surface area contributed by atoms with Gasteiger partial charge >= 0.3 is 0 Å². The molecule has 196 valence electrons. The van der Waals surface area contributed by atoms with E-state index in [1.54, 1.807) is 6.20 Å². The Hall–Kier alpha value is -4.66. The van der Waals surface area contributed by atoms with Crippen molar-refractivity contribution >= 4 is 28.8 Å². The number of imidazole rings is 1. The number of aryl methyl sites for hydroxylation is 1. The first-order valence-corrected chi connectivity index (χ1v) is 12.2. The Morgan fingerprint density at radius 3 is 2.39 bits per heavy atom. The van der Waals surface area contributed by atoms with Crippen LogP contribution in [0, 0.1) is 11.6 Å². The fourth-order valence-corrected chi connectivity index (χ4v) is 3.58. The maximum Gasteiger partial charge on any atom is 0.161 e. The number of hydrogen-bond acceptors (Lipinski definition) is 6. The number of H-pyrrole nitrogens is 1. The zero-order valence-electron chi connectivity index (χ0n) is 21.7. The molecule has 5 aromatic rings. The number of rotatable bonds is 5. The number of nitrogens with one attached hydrogen (secondary N) is 2. The highest BCUT2D eigenvalue weighted by Gasteiger charge is 2.13. The van der Waals surface area contributed by atoms with Crippen LogP contribution in [0.5, 0.6) is 0 Å². The van der Waals surface area contributed by atoms with Crippen molar-refractivity contribution in [2.75, 3.05) is 18.1 Å². The SMILES string of the molecule is CC.CCc1cccc(-c2cnc(N)c(-c3nc4ccc(NC)cc4[nH]3)n2)c1.O=Cc1cc(F)cc(F)c1. The van der Waals surface area contributed by atoms with Crippen molar-refractivity contribution in [1.82, 2.24) is 19.9 Å². The minimum absolute atomic E-state index is 0.0116. The number of nitrogen functional groups attached to an aromatic ring is 1. The Balaban J connectivity index is 0.000000280. The first kappa shape index (κ1) is 27.9. The second kappa shape index (κ2) is 13.0. The van der Waals surface area contributed by atoms with Gasteiger partial charge in [-0.15, -0.1) is 0 Å². The van der Waals surface area contributed by atoms with E-state index >= 15 is 0 Å². The lowest BCUT2D eigenvalue weighted by Crippen LogP contribution is -2.00. The van der Waals surface area contributed by atoms with E-state index in [4.69, 9.17) is 10.7 Å². The van der Waals surface area contributed by atoms with Gasteiger partial charge in [-0.05, 0) is 48.4 Å². The molecule has 2 aromatic heterocycles. The van der Waals surface area contributed by atoms with Crippen LogP contribution < -0.4 is 11.1 Å². The second-order valence-electron chi connectivity index (χ2n) is 7.93. The third kappa shape index (κ3) is 6.76. The standard InChI is InChI=1S/C20H20N6.C7H4F2O.C2H6/c1-3-12-5-4-6-13(9-12)17-11-23-19(21)18(24-17)20-25-15-8-7-14(22-2)10-16(15)26-20;8-6-1-5(4-10)2-7(9)3-6;1-2/h4-11,22H,3H2,1-2H3,(H2,21,23)(H,25,26);1-4H;1-2H3. The van der Waals surface area contributed by atoms with Crippen molar-refractivity contribution in [3.8, 4) is 22.8 Å². The molecule has 4 N–H and O–H groups in total. The monoisotopic (exact) mass is 516 g/mol. The van der Waals surface area contributed by atoms with E-state index in [1.165, 1.54) is 5.56 Å². The molecule has 0 atom stereocenters. The number of aromatic nitrogens is 4. The minimum atomic E-state index is -0.734. The Kier molecular flexibility index (Phi) is 9.59. The highest BCUT2D eigenvalue weighted by Crippen LogP contribution is 2.27. The average molecular weight is 517 g/mol. The first-order valence-electron chi connectivity index (χ1n) is 12.2. The van der Waals surface area contributed by atoms with Gasteiger partial charge in [0.15, 0.2) is 11.6 Å². The summed E-state index contributed by atoms with van der Waals surface area (Å²) in [4.78, 5) is 27.0. The Labute approximate surface area is 220 Å². The van der Waals surface area contributed by atoms with Crippen LogP contribution in [0.2, 0.25) is 0 Å². The highest BCUT2D eigenvalue weighted by atomic mass is 19.1. The van der Waals surface area contributed by atoms with E-state index < -0.39 is 11.6 Å². The molecule has 0 aliphatic heterocycles. The Bertz CT molecular complexity index is 1510. The summed E-state index contributed by atoms with van der Waals surface area (Å²) in [5, 5.41) is 3.12. The van der Waals surface area contributed by atoms with Gasteiger partial charge in [0.05, 0.1) is 22.9 Å². The molecule has 9 heteroatoms. The van der Waals surface area contributed by atoms with E-state index in [-0.39, 0.29) is 5.56 Å². The van der Waals surface area contributed by atoms with Gasteiger partial charge in [-0.25, -0.2) is 23.7 Å². The van der Waals surface area contributed by atoms with Crippen molar-refractivity contribution in [3.05, 3.63) is 89.6 Å². The van der Waals surface area contributed by atoms with Gasteiger partial charge in [0.2, 0.25) is 0 Å². The summed E-state index contributed by atoms with van der Waals surface area (Å²) >= 11 is 0. The van der Waals surface area contributed by atoms with E-state index in [0.717, 1.165) is 46.5 Å². The van der Waals surface area contributed by atoms with E-state index in [0.29, 0.717) is 29.7 Å². The Morgan fingerprint density at radius 1 is 1.00 bits per heavy atom. The normalized spacial score (nSPS) is 10.2. The predicted octanol–water partition coefficient (Wildman–Crippen LogP) is 6.68. The fraction of sp³-hybridized carbons (Fsp3) is 0.172. The number of hydrogen-bond donors (Lipinski definition) is 3. The number of carbonyl (C=O) groups excluding carboxylic acids is 1. The molecule has 0 saturated carbocycles. The summed E-state index contributed by atoms with van der Waals surface area (Å²) in [5.41, 5.74) is 12.5. The summed E-state index contributed by atoms with van der Waals surface area (Å²) < 4.78 is 24.4. The lowest BCUT2D eigenvalue weighted by atomic mass is 10.1. The van der Waals surface area contributed by atoms with Gasteiger partial charge < -0.3 is 16.0 Å². The summed E-state index contributed by atoms with van der Waals surface area (Å²) in [7, 11) is 1.88. The number of halogens is 2. The van der Waals surface area contributed by atoms with Gasteiger partial charge in [-0.2, -0.15) is 0 Å². The molecule has 0 amide bonds. The smallest absolute Gasteiger partial charge is 0.161 e. The number of fused-ring (bicyclic) bond motifs is 1. The summed E-state index contributed by atoms with van der Waals surface area (Å²) in [6.07, 6.45) is 3.07. The number of benzene rings is 3. The number of carbonyl (C=O) groups is 1. The summed E-state index contributed by atoms with van der Waals surface area (Å²) in [5.74, 6) is -0.496. The number of aldehydes is 1. The molecule has 0 bridgehead atoms. The highest BCUT2D eigenvalue weighted by molar-refractivity contribution is 5.83. The third-order valence-electron chi connectivity index (χ3n) is 5.45. The number of aromatic amines is 1. The average Bonchev–Trinajstić information content (AvgIpc) is 3.37. The molecule has 0 radical (unpaired) electrons. The van der Waals surface area contributed by atoms with Crippen molar-refractivity contribution in [2.45, 2.75) is 27.2 Å². The number of anilines is 2. The fourth-order valence-electron chi connectivity index (χ4n) is 3.58. The molecular formula is C29H30F2N6O. The van der Waals surface area contributed by atoms with Gasteiger partial charge in [0.1, 0.15) is 23.6 Å². The zero-order valence-corrected chi connectivity index (χ0v) is 21.7. The molecule has 7 nitrogen and oxygen atoms in total. The molecule has 38 heavy (non-hydrogen) atoms. The van der Waals surface area contributed by atoms with E-state index in [2.05, 4.69) is 39.3 Å². The van der Waals surface area contributed by atoms with Crippen molar-refractivity contribution in [1.29, 1.82) is 0 Å². The number of nitrogens with zero attached hydrogens (tertiary/aromatic N) is 3. The molecule has 0 unspecified atom stereocenters. The van der Waals surface area contributed by atoms with E-state index in [1.807, 2.05) is 51.2 Å². The molecule has 5 rings (SSSR count). The summed E-state index contributed by atoms with van der Waals surface area (Å²) in [6, 6.07) is 16.9. The molecule has 3 aromatic carbocycles. The predicted molar refractivity (Wildman–Crippen MR) is 149 cm³/mol. The van der Waals surface area contributed by atoms with Crippen LogP contribution in [0.1, 0.15) is 36.7 Å². The van der Waals surface area contributed by atoms with Crippen LogP contribution in [0.25, 0.3) is 33.8 Å². The largest absolute Gasteiger partial charge is 0.388 e. The van der Waals surface area contributed by atoms with Crippen molar-refractivity contribution in [3.63, 3.8) is 0 Å². The van der Waals surface area contributed by atoms with Gasteiger partial charge in [0.25, 0.3) is 0 Å². The minimum Gasteiger partial charge on any atom is -0.388 e. The molecular weight excluding hydrogens is 486 g/mol.